The van der Waals surface area contributed by atoms with Crippen LogP contribution in [-0.4, -0.2) is 9.85 Å². The minimum atomic E-state index is -0.410. The zero-order valence-corrected chi connectivity index (χ0v) is 23.1. The van der Waals surface area contributed by atoms with Crippen LogP contribution in [0, 0.1) is 20.2 Å². The van der Waals surface area contributed by atoms with Gasteiger partial charge in [-0.25, -0.2) is 0 Å². The van der Waals surface area contributed by atoms with E-state index in [0.717, 1.165) is 53.7 Å². The fraction of sp³-hybridized carbons (Fsp3) is 0. The van der Waals surface area contributed by atoms with E-state index in [9.17, 15) is 25.0 Å². The van der Waals surface area contributed by atoms with E-state index in [0.29, 0.717) is 10.8 Å². The molecule has 208 valence electrons. The highest BCUT2D eigenvalue weighted by atomic mass is 32.1. The summed E-state index contributed by atoms with van der Waals surface area (Å²) in [5.41, 5.74) is 3.26. The van der Waals surface area contributed by atoms with E-state index >= 15 is 0 Å². The summed E-state index contributed by atoms with van der Waals surface area (Å²) in [6.45, 7) is 0. The van der Waals surface area contributed by atoms with Crippen LogP contribution in [0.5, 0.6) is 0 Å². The fourth-order valence-electron chi connectivity index (χ4n) is 5.19. The van der Waals surface area contributed by atoms with Crippen molar-refractivity contribution in [2.24, 2.45) is 0 Å². The number of non-ortho nitro benzene ring substituents is 2. The van der Waals surface area contributed by atoms with Crippen LogP contribution in [0.3, 0.4) is 0 Å². The predicted molar refractivity (Wildman–Crippen MR) is 173 cm³/mol. The van der Waals surface area contributed by atoms with Crippen LogP contribution in [0.2, 0.25) is 0 Å². The molecule has 1 heterocycles. The Hall–Kier alpha value is -5.87. The number of anilines is 4. The third-order valence-corrected chi connectivity index (χ3v) is 8.45. The van der Waals surface area contributed by atoms with E-state index in [2.05, 4.69) is 10.6 Å². The quantitative estimate of drug-likeness (QED) is 0.113. The number of fused-ring (bicyclic) bond motifs is 4. The van der Waals surface area contributed by atoms with Crippen molar-refractivity contribution >= 4 is 87.2 Å². The average molecular weight is 585 g/mol. The van der Waals surface area contributed by atoms with Gasteiger partial charge in [0.25, 0.3) is 11.4 Å². The lowest BCUT2D eigenvalue weighted by atomic mass is 10.1. The van der Waals surface area contributed by atoms with Crippen molar-refractivity contribution in [2.45, 2.75) is 0 Å². The highest BCUT2D eigenvalue weighted by Crippen LogP contribution is 2.32. The molecule has 0 saturated heterocycles. The first kappa shape index (κ1) is 26.1. The molecule has 0 saturated carbocycles. The van der Waals surface area contributed by atoms with E-state index < -0.39 is 9.85 Å². The Morgan fingerprint density at radius 3 is 1.53 bits per heavy atom. The van der Waals surface area contributed by atoms with E-state index in [1.165, 1.54) is 23.5 Å². The molecule has 0 radical (unpaired) electrons. The first-order chi connectivity index (χ1) is 20.8. The number of hydrogen-bond acceptors (Lipinski definition) is 8. The maximum Gasteiger partial charge on any atom is 0.270 e. The van der Waals surface area contributed by atoms with Crippen molar-refractivity contribution in [1.82, 2.24) is 0 Å². The number of nitrogens with zero attached hydrogens (tertiary/aromatic N) is 2. The Labute approximate surface area is 246 Å². The van der Waals surface area contributed by atoms with Crippen LogP contribution in [0.15, 0.2) is 114 Å². The second-order valence-electron chi connectivity index (χ2n) is 10.1. The molecule has 0 unspecified atom stereocenters. The van der Waals surface area contributed by atoms with Gasteiger partial charge in [0.15, 0.2) is 5.43 Å². The van der Waals surface area contributed by atoms with Gasteiger partial charge in [0.05, 0.1) is 9.85 Å². The zero-order chi connectivity index (χ0) is 29.7. The summed E-state index contributed by atoms with van der Waals surface area (Å²) in [4.78, 5) is 34.8. The molecule has 10 heteroatoms. The third-order valence-electron chi connectivity index (χ3n) is 7.32. The normalized spacial score (nSPS) is 11.3. The van der Waals surface area contributed by atoms with Crippen molar-refractivity contribution in [1.29, 1.82) is 0 Å². The second-order valence-corrected chi connectivity index (χ2v) is 11.2. The lowest BCUT2D eigenvalue weighted by Gasteiger charge is -2.11. The number of nitrogens with one attached hydrogen (secondary N) is 2. The molecule has 0 bridgehead atoms. The van der Waals surface area contributed by atoms with Crippen LogP contribution in [-0.2, 0) is 0 Å². The van der Waals surface area contributed by atoms with Gasteiger partial charge in [-0.2, -0.15) is 0 Å². The van der Waals surface area contributed by atoms with Gasteiger partial charge in [0.1, 0.15) is 0 Å². The average Bonchev–Trinajstić information content (AvgIpc) is 3.00. The Kier molecular flexibility index (Phi) is 6.18. The van der Waals surface area contributed by atoms with Gasteiger partial charge in [-0.15, -0.1) is 11.3 Å². The first-order valence-corrected chi connectivity index (χ1v) is 14.0. The van der Waals surface area contributed by atoms with Crippen LogP contribution in [0.25, 0.3) is 41.7 Å². The number of hydrogen-bond donors (Lipinski definition) is 2. The largest absolute Gasteiger partial charge is 0.355 e. The van der Waals surface area contributed by atoms with Crippen molar-refractivity contribution in [3.8, 4) is 0 Å². The molecule has 0 atom stereocenters. The SMILES string of the molecule is O=c1c2ccc(Nc3ccc4cc([N+](=O)[O-])ccc4c3)cc2sc2ccc(Nc3ccc4cc([N+](=O)[O-])ccc4c3)cc12. The third kappa shape index (κ3) is 4.96. The topological polar surface area (TPSA) is 127 Å². The standard InChI is InChI=1S/C33H20N4O5S/c38-33-29-11-7-26(35-24-6-2-22-16-28(37(41)42)10-4-20(22)14-24)18-32(29)43-31-12-8-25(17-30(31)33)34-23-5-1-21-15-27(36(39)40)9-3-19(21)13-23/h1-18,34-35H. The summed E-state index contributed by atoms with van der Waals surface area (Å²) < 4.78 is 1.71. The van der Waals surface area contributed by atoms with Crippen molar-refractivity contribution in [3.63, 3.8) is 0 Å². The predicted octanol–water partition coefficient (Wildman–Crippen LogP) is 9.02. The Morgan fingerprint density at radius 2 is 0.953 bits per heavy atom. The minimum Gasteiger partial charge on any atom is -0.355 e. The lowest BCUT2D eigenvalue weighted by Crippen LogP contribution is -2.02. The molecule has 0 aliphatic rings. The van der Waals surface area contributed by atoms with Crippen LogP contribution < -0.4 is 16.1 Å². The Bertz CT molecular complexity index is 2350. The van der Waals surface area contributed by atoms with E-state index in [-0.39, 0.29) is 16.8 Å². The summed E-state index contributed by atoms with van der Waals surface area (Å²) in [7, 11) is 0. The van der Waals surface area contributed by atoms with Gasteiger partial charge in [-0.1, -0.05) is 12.1 Å². The molecular weight excluding hydrogens is 564 g/mol. The number of rotatable bonds is 6. The molecule has 0 spiro atoms. The maximum atomic E-state index is 13.5. The van der Waals surface area contributed by atoms with E-state index in [1.807, 2.05) is 72.8 Å². The smallest absolute Gasteiger partial charge is 0.270 e. The fourth-order valence-corrected chi connectivity index (χ4v) is 6.28. The van der Waals surface area contributed by atoms with E-state index in [1.54, 1.807) is 24.3 Å². The summed E-state index contributed by atoms with van der Waals surface area (Å²) in [5.74, 6) is 0. The molecule has 9 nitrogen and oxygen atoms in total. The van der Waals surface area contributed by atoms with Gasteiger partial charge >= 0.3 is 0 Å². The zero-order valence-electron chi connectivity index (χ0n) is 22.2. The van der Waals surface area contributed by atoms with Crippen molar-refractivity contribution in [2.75, 3.05) is 10.6 Å². The molecular formula is C33H20N4O5S. The van der Waals surface area contributed by atoms with Gasteiger partial charge in [0, 0.05) is 67.2 Å². The molecule has 0 fully saturated rings. The molecule has 6 aromatic carbocycles. The lowest BCUT2D eigenvalue weighted by molar-refractivity contribution is -0.384. The van der Waals surface area contributed by atoms with Gasteiger partial charge in [-0.3, -0.25) is 25.0 Å². The number of nitro benzene ring substituents is 2. The molecule has 2 N–H and O–H groups in total. The summed E-state index contributed by atoms with van der Waals surface area (Å²) in [6.07, 6.45) is 0. The Morgan fingerprint density at radius 1 is 0.488 bits per heavy atom. The summed E-state index contributed by atoms with van der Waals surface area (Å²) >= 11 is 1.53. The summed E-state index contributed by atoms with van der Waals surface area (Å²) in [5, 5.41) is 33.4. The molecule has 0 aliphatic heterocycles. The summed E-state index contributed by atoms with van der Waals surface area (Å²) in [6, 6.07) is 32.1. The molecule has 0 aliphatic carbocycles. The minimum absolute atomic E-state index is 0.0471. The molecule has 43 heavy (non-hydrogen) atoms. The van der Waals surface area contributed by atoms with E-state index in [4.69, 9.17) is 0 Å². The van der Waals surface area contributed by atoms with Crippen LogP contribution in [0.1, 0.15) is 0 Å². The second kappa shape index (κ2) is 10.2. The number of nitro groups is 2. The highest BCUT2D eigenvalue weighted by molar-refractivity contribution is 7.24. The van der Waals surface area contributed by atoms with Gasteiger partial charge in [-0.05, 0) is 94.3 Å². The monoisotopic (exact) mass is 584 g/mol. The van der Waals surface area contributed by atoms with Gasteiger partial charge < -0.3 is 10.6 Å². The molecule has 7 rings (SSSR count). The first-order valence-electron chi connectivity index (χ1n) is 13.2. The van der Waals surface area contributed by atoms with Crippen LogP contribution in [0.4, 0.5) is 34.1 Å². The maximum absolute atomic E-state index is 13.5. The molecule has 7 aromatic rings. The van der Waals surface area contributed by atoms with Crippen LogP contribution >= 0.6 is 11.3 Å². The Balaban J connectivity index is 1.16. The van der Waals surface area contributed by atoms with Crippen molar-refractivity contribution in [3.05, 3.63) is 140 Å². The number of benzene rings is 6. The van der Waals surface area contributed by atoms with Gasteiger partial charge in [0.2, 0.25) is 0 Å². The van der Waals surface area contributed by atoms with Crippen molar-refractivity contribution < 1.29 is 9.85 Å². The molecule has 0 amide bonds. The molecule has 1 aromatic heterocycles. The highest BCUT2D eigenvalue weighted by Gasteiger charge is 2.11.